The SMILES string of the molecule is O=C(C[NH+]1CCCCC1)N1c2ccccc2Sc2ccc(C(F)(F)F)cc21.[Cl-]. The first-order valence-corrected chi connectivity index (χ1v) is 9.90. The number of nitrogens with one attached hydrogen (secondary N) is 1. The zero-order valence-corrected chi connectivity index (χ0v) is 16.6. The van der Waals surface area contributed by atoms with E-state index in [1.54, 1.807) is 6.07 Å². The Morgan fingerprint density at radius 1 is 1.00 bits per heavy atom. The number of piperidine rings is 1. The van der Waals surface area contributed by atoms with E-state index in [1.165, 1.54) is 34.0 Å². The molecule has 1 N–H and O–H groups in total. The Labute approximate surface area is 172 Å². The Hall–Kier alpha value is -1.70. The number of hydrogen-bond acceptors (Lipinski definition) is 2. The Balaban J connectivity index is 0.00000225. The van der Waals surface area contributed by atoms with Crippen molar-refractivity contribution < 1.29 is 35.3 Å². The standard InChI is InChI=1S/C20H19F3N2OS.ClH/c21-20(22,23)14-8-9-18-16(12-14)25(15-6-2-3-7-17(15)27-18)19(26)13-24-10-4-1-5-11-24;/h2-3,6-9,12H,1,4-5,10-11,13H2;1H. The number of alkyl halides is 3. The van der Waals surface area contributed by atoms with Crippen LogP contribution < -0.4 is 22.2 Å². The molecule has 2 aliphatic heterocycles. The second-order valence-electron chi connectivity index (χ2n) is 6.97. The molecular formula is C20H20ClF3N2OS. The fourth-order valence-corrected chi connectivity index (χ4v) is 4.76. The fraction of sp³-hybridized carbons (Fsp3) is 0.350. The highest BCUT2D eigenvalue weighted by atomic mass is 35.5. The maximum absolute atomic E-state index is 13.2. The quantitative estimate of drug-likeness (QED) is 0.769. The molecule has 4 rings (SSSR count). The molecule has 0 aromatic heterocycles. The summed E-state index contributed by atoms with van der Waals surface area (Å²) in [5.74, 6) is -0.153. The molecule has 8 heteroatoms. The van der Waals surface area contributed by atoms with Crippen molar-refractivity contribution in [1.29, 1.82) is 0 Å². The molecule has 150 valence electrons. The van der Waals surface area contributed by atoms with Crippen LogP contribution >= 0.6 is 11.8 Å². The van der Waals surface area contributed by atoms with E-state index in [0.717, 1.165) is 43.0 Å². The van der Waals surface area contributed by atoms with Gasteiger partial charge in [0.05, 0.1) is 30.0 Å². The molecule has 2 aromatic rings. The zero-order chi connectivity index (χ0) is 19.0. The molecule has 1 amide bonds. The summed E-state index contributed by atoms with van der Waals surface area (Å²) in [5, 5.41) is 0. The van der Waals surface area contributed by atoms with Crippen LogP contribution in [0.5, 0.6) is 0 Å². The lowest BCUT2D eigenvalue weighted by atomic mass is 10.1. The largest absolute Gasteiger partial charge is 1.00 e. The molecule has 0 aliphatic carbocycles. The molecule has 2 aromatic carbocycles. The van der Waals surface area contributed by atoms with Gasteiger partial charge in [0.2, 0.25) is 0 Å². The average Bonchev–Trinajstić information content (AvgIpc) is 2.65. The predicted octanol–water partition coefficient (Wildman–Crippen LogP) is 0.908. The van der Waals surface area contributed by atoms with Crippen molar-refractivity contribution >= 4 is 29.0 Å². The van der Waals surface area contributed by atoms with Crippen molar-refractivity contribution in [3.8, 4) is 0 Å². The third kappa shape index (κ3) is 4.16. The molecular weight excluding hydrogens is 409 g/mol. The van der Waals surface area contributed by atoms with Crippen LogP contribution in [0.2, 0.25) is 0 Å². The van der Waals surface area contributed by atoms with Gasteiger partial charge in [-0.25, -0.2) is 0 Å². The lowest BCUT2D eigenvalue weighted by Crippen LogP contribution is -3.13. The van der Waals surface area contributed by atoms with Crippen LogP contribution in [0.3, 0.4) is 0 Å². The Morgan fingerprint density at radius 3 is 2.39 bits per heavy atom. The average molecular weight is 429 g/mol. The second-order valence-corrected chi connectivity index (χ2v) is 8.05. The second kappa shape index (κ2) is 8.35. The Kier molecular flexibility index (Phi) is 6.27. The number of anilines is 2. The van der Waals surface area contributed by atoms with Crippen LogP contribution in [0.15, 0.2) is 52.3 Å². The Morgan fingerprint density at radius 2 is 1.68 bits per heavy atom. The summed E-state index contributed by atoms with van der Waals surface area (Å²) in [7, 11) is 0. The van der Waals surface area contributed by atoms with Crippen molar-refractivity contribution in [2.75, 3.05) is 24.5 Å². The van der Waals surface area contributed by atoms with Crippen LogP contribution in [0.25, 0.3) is 0 Å². The molecule has 3 nitrogen and oxygen atoms in total. The molecule has 2 aliphatic rings. The van der Waals surface area contributed by atoms with Gasteiger partial charge < -0.3 is 17.3 Å². The van der Waals surface area contributed by atoms with Gasteiger partial charge in [0.25, 0.3) is 5.91 Å². The normalized spacial score (nSPS) is 16.8. The first kappa shape index (κ1) is 21.0. The number of para-hydroxylation sites is 1. The maximum Gasteiger partial charge on any atom is 0.416 e. The van der Waals surface area contributed by atoms with E-state index in [-0.39, 0.29) is 18.3 Å². The molecule has 0 bridgehead atoms. The van der Waals surface area contributed by atoms with E-state index in [2.05, 4.69) is 0 Å². The number of rotatable bonds is 2. The van der Waals surface area contributed by atoms with Gasteiger partial charge in [-0.1, -0.05) is 23.9 Å². The van der Waals surface area contributed by atoms with Crippen LogP contribution in [0.4, 0.5) is 24.5 Å². The number of hydrogen-bond donors (Lipinski definition) is 1. The van der Waals surface area contributed by atoms with Gasteiger partial charge in [-0.05, 0) is 49.6 Å². The fourth-order valence-electron chi connectivity index (χ4n) is 3.72. The first-order chi connectivity index (χ1) is 12.9. The van der Waals surface area contributed by atoms with Crippen molar-refractivity contribution in [2.24, 2.45) is 0 Å². The highest BCUT2D eigenvalue weighted by Gasteiger charge is 2.35. The number of amides is 1. The molecule has 0 atom stereocenters. The summed E-state index contributed by atoms with van der Waals surface area (Å²) < 4.78 is 39.7. The summed E-state index contributed by atoms with van der Waals surface area (Å²) in [4.78, 5) is 17.4. The minimum atomic E-state index is -4.44. The first-order valence-electron chi connectivity index (χ1n) is 9.08. The number of likely N-dealkylation sites (tertiary alicyclic amines) is 1. The van der Waals surface area contributed by atoms with E-state index in [0.29, 0.717) is 22.8 Å². The van der Waals surface area contributed by atoms with E-state index >= 15 is 0 Å². The minimum Gasteiger partial charge on any atom is -1.00 e. The predicted molar refractivity (Wildman–Crippen MR) is 98.6 cm³/mol. The number of nitrogens with zero attached hydrogens (tertiary/aromatic N) is 1. The number of fused-ring (bicyclic) bond motifs is 2. The summed E-state index contributed by atoms with van der Waals surface area (Å²) in [6.45, 7) is 2.17. The number of quaternary nitrogens is 1. The molecule has 0 saturated carbocycles. The van der Waals surface area contributed by atoms with E-state index in [4.69, 9.17) is 0 Å². The van der Waals surface area contributed by atoms with Crippen LogP contribution in [0.1, 0.15) is 24.8 Å². The van der Waals surface area contributed by atoms with Crippen molar-refractivity contribution in [2.45, 2.75) is 35.2 Å². The third-order valence-corrected chi connectivity index (χ3v) is 6.19. The number of carbonyl (C=O) groups is 1. The van der Waals surface area contributed by atoms with Gasteiger partial charge in [0.15, 0.2) is 6.54 Å². The van der Waals surface area contributed by atoms with Gasteiger partial charge in [-0.15, -0.1) is 0 Å². The van der Waals surface area contributed by atoms with Crippen LogP contribution in [0, 0.1) is 0 Å². The summed E-state index contributed by atoms with van der Waals surface area (Å²) >= 11 is 1.40. The monoisotopic (exact) mass is 428 g/mol. The highest BCUT2D eigenvalue weighted by molar-refractivity contribution is 7.99. The van der Waals surface area contributed by atoms with E-state index in [1.807, 2.05) is 18.2 Å². The smallest absolute Gasteiger partial charge is 0.416 e. The minimum absolute atomic E-state index is 0. The molecule has 2 heterocycles. The zero-order valence-electron chi connectivity index (χ0n) is 15.1. The summed E-state index contributed by atoms with van der Waals surface area (Å²) in [5.41, 5.74) is 0.259. The molecule has 1 saturated heterocycles. The molecule has 0 radical (unpaired) electrons. The van der Waals surface area contributed by atoms with Crippen molar-refractivity contribution in [3.05, 3.63) is 48.0 Å². The van der Waals surface area contributed by atoms with Gasteiger partial charge in [0.1, 0.15) is 0 Å². The highest BCUT2D eigenvalue weighted by Crippen LogP contribution is 2.49. The van der Waals surface area contributed by atoms with Crippen molar-refractivity contribution in [1.82, 2.24) is 0 Å². The molecule has 0 spiro atoms. The molecule has 28 heavy (non-hydrogen) atoms. The molecule has 1 fully saturated rings. The van der Waals surface area contributed by atoms with E-state index in [9.17, 15) is 18.0 Å². The van der Waals surface area contributed by atoms with E-state index < -0.39 is 11.7 Å². The topological polar surface area (TPSA) is 24.8 Å². The summed E-state index contributed by atoms with van der Waals surface area (Å²) in [6.07, 6.45) is -1.09. The van der Waals surface area contributed by atoms with Gasteiger partial charge in [-0.3, -0.25) is 9.69 Å². The number of benzene rings is 2. The number of carbonyl (C=O) groups excluding carboxylic acids is 1. The maximum atomic E-state index is 13.2. The van der Waals surface area contributed by atoms with Gasteiger partial charge >= 0.3 is 6.18 Å². The van der Waals surface area contributed by atoms with Gasteiger partial charge in [-0.2, -0.15) is 13.2 Å². The Bertz CT molecular complexity index is 869. The molecule has 0 unspecified atom stereocenters. The summed E-state index contributed by atoms with van der Waals surface area (Å²) in [6, 6.07) is 11.0. The van der Waals surface area contributed by atoms with Crippen LogP contribution in [-0.2, 0) is 11.0 Å². The lowest BCUT2D eigenvalue weighted by Gasteiger charge is -2.33. The van der Waals surface area contributed by atoms with Crippen LogP contribution in [-0.4, -0.2) is 25.5 Å². The lowest BCUT2D eigenvalue weighted by molar-refractivity contribution is -0.896. The van der Waals surface area contributed by atoms with Gasteiger partial charge in [0, 0.05) is 9.79 Å². The van der Waals surface area contributed by atoms with Crippen molar-refractivity contribution in [3.63, 3.8) is 0 Å². The third-order valence-electron chi connectivity index (χ3n) is 5.06. The number of halogens is 4.